The zero-order valence-electron chi connectivity index (χ0n) is 48.8. The van der Waals surface area contributed by atoms with Crippen molar-refractivity contribution < 1.29 is 42.5 Å². The molecule has 0 aliphatic carbocycles. The highest BCUT2D eigenvalue weighted by molar-refractivity contribution is 6.36. The summed E-state index contributed by atoms with van der Waals surface area (Å²) in [6, 6.07) is 24.1. The van der Waals surface area contributed by atoms with Crippen LogP contribution < -0.4 is 19.9 Å². The maximum Gasteiger partial charge on any atom is 0.405 e. The Labute approximate surface area is 503 Å². The van der Waals surface area contributed by atoms with Crippen molar-refractivity contribution in [1.29, 1.82) is 5.26 Å². The molecule has 3 fully saturated rings. The molecule has 86 heavy (non-hydrogen) atoms. The number of carbonyl (C=O) groups excluding carboxylic acids is 3. The molecule has 24 heteroatoms. The summed E-state index contributed by atoms with van der Waals surface area (Å²) in [4.78, 5) is 65.5. The average Bonchev–Trinajstić information content (AvgIpc) is 2.12. The van der Waals surface area contributed by atoms with Gasteiger partial charge in [-0.3, -0.25) is 28.8 Å². The van der Waals surface area contributed by atoms with Crippen LogP contribution in [-0.4, -0.2) is 195 Å². The van der Waals surface area contributed by atoms with Crippen molar-refractivity contribution in [3.05, 3.63) is 119 Å². The lowest BCUT2D eigenvalue weighted by Gasteiger charge is -2.44. The number of anilines is 2. The number of phenolic OH excluding ortho intramolecular Hbond substituents is 2. The molecule has 3 amide bonds. The van der Waals surface area contributed by atoms with Crippen molar-refractivity contribution >= 4 is 51.6 Å². The van der Waals surface area contributed by atoms with Crippen LogP contribution in [0.15, 0.2) is 85.5 Å². The van der Waals surface area contributed by atoms with Gasteiger partial charge in [-0.05, 0) is 105 Å². The highest BCUT2D eigenvalue weighted by Gasteiger charge is 2.37. The second kappa shape index (κ2) is 26.3. The minimum atomic E-state index is -4.67. The first kappa shape index (κ1) is 61.1. The Morgan fingerprint density at radius 3 is 2.38 bits per heavy atom. The quantitative estimate of drug-likeness (QED) is 0.0715. The summed E-state index contributed by atoms with van der Waals surface area (Å²) in [6.45, 7) is 13.6. The van der Waals surface area contributed by atoms with Crippen molar-refractivity contribution in [3.8, 4) is 40.7 Å². The molecule has 0 radical (unpaired) electrons. The van der Waals surface area contributed by atoms with E-state index in [0.717, 1.165) is 51.7 Å². The third kappa shape index (κ3) is 13.6. The summed E-state index contributed by atoms with van der Waals surface area (Å²) in [5.74, 6) is -1.66. The van der Waals surface area contributed by atoms with E-state index in [9.17, 15) is 43.0 Å². The van der Waals surface area contributed by atoms with Gasteiger partial charge in [0.05, 0.1) is 41.4 Å². The maximum atomic E-state index is 14.3. The van der Waals surface area contributed by atoms with Crippen LogP contribution in [0.1, 0.15) is 72.0 Å². The number of piperazine rings is 2. The van der Waals surface area contributed by atoms with E-state index < -0.39 is 24.5 Å². The Bertz CT molecular complexity index is 3510. The average molecular weight is 1200 g/mol. The number of nitriles is 1. The minimum Gasteiger partial charge on any atom is -0.508 e. The number of nitrogens with zero attached hydrogens (tertiary/aromatic N) is 13. The van der Waals surface area contributed by atoms with Crippen molar-refractivity contribution in [2.24, 2.45) is 5.92 Å². The molecule has 20 nitrogen and oxygen atoms in total. The number of piperidine rings is 1. The summed E-state index contributed by atoms with van der Waals surface area (Å²) in [7, 11) is 4.06. The largest absolute Gasteiger partial charge is 0.508 e. The maximum absolute atomic E-state index is 14.3. The first-order valence-corrected chi connectivity index (χ1v) is 29.5. The van der Waals surface area contributed by atoms with Gasteiger partial charge in [-0.1, -0.05) is 68.4 Å². The van der Waals surface area contributed by atoms with Gasteiger partial charge in [-0.15, -0.1) is 10.2 Å². The SMILES string of the molecule is C=CC(=O)N1CCN(c2nc(OCCN3CCN(C(=O)C4CCN(Cc5ccc(-n6c(C(=O)NCC(F)(F)F)nnc6-c6cc(C(C)C)c(O)cc6O)cc5)CC4)CC3CN(C)C)nc3c2CCN(c2cccc4cccc(Cl)c24)C3)CC1CC#N. The number of alkyl halides is 3. The summed E-state index contributed by atoms with van der Waals surface area (Å²) in [5.41, 5.74) is 4.76. The number of likely N-dealkylation sites (N-methyl/N-ethyl adjacent to an activating group) is 1. The van der Waals surface area contributed by atoms with Crippen molar-refractivity contribution in [2.75, 3.05) is 109 Å². The number of hydrogen-bond acceptors (Lipinski definition) is 16. The molecule has 454 valence electrons. The van der Waals surface area contributed by atoms with E-state index in [1.165, 1.54) is 16.7 Å². The number of rotatable bonds is 18. The number of likely N-dealkylation sites (tertiary alicyclic amines) is 1. The lowest BCUT2D eigenvalue weighted by molar-refractivity contribution is -0.140. The lowest BCUT2D eigenvalue weighted by atomic mass is 9.94. The highest BCUT2D eigenvalue weighted by atomic mass is 35.5. The Kier molecular flexibility index (Phi) is 18.7. The molecule has 3 saturated heterocycles. The number of amides is 3. The fraction of sp³-hybridized carbons (Fsp3) is 0.452. The van der Waals surface area contributed by atoms with Crippen LogP contribution in [-0.2, 0) is 29.1 Å². The summed E-state index contributed by atoms with van der Waals surface area (Å²) in [5, 5.41) is 43.9. The van der Waals surface area contributed by atoms with Crippen LogP contribution in [0.4, 0.5) is 24.7 Å². The third-order valence-electron chi connectivity index (χ3n) is 16.7. The highest BCUT2D eigenvalue weighted by Crippen LogP contribution is 2.40. The van der Waals surface area contributed by atoms with E-state index in [2.05, 4.69) is 65.5 Å². The molecule has 2 atom stereocenters. The zero-order valence-corrected chi connectivity index (χ0v) is 49.6. The van der Waals surface area contributed by atoms with Crippen LogP contribution in [0.5, 0.6) is 17.5 Å². The van der Waals surface area contributed by atoms with E-state index in [-0.39, 0.29) is 71.1 Å². The Morgan fingerprint density at radius 2 is 1.67 bits per heavy atom. The molecule has 4 aliphatic heterocycles. The van der Waals surface area contributed by atoms with Gasteiger partial charge < -0.3 is 44.8 Å². The number of carbonyl (C=O) groups is 3. The second-order valence-electron chi connectivity index (χ2n) is 23.1. The van der Waals surface area contributed by atoms with Crippen LogP contribution in [0, 0.1) is 17.2 Å². The molecule has 3 N–H and O–H groups in total. The molecule has 0 bridgehead atoms. The first-order chi connectivity index (χ1) is 41.3. The number of benzene rings is 4. The van der Waals surface area contributed by atoms with Gasteiger partial charge in [0.15, 0.2) is 5.82 Å². The number of halogens is 4. The first-order valence-electron chi connectivity index (χ1n) is 29.1. The molecular formula is C62H72ClF3N14O6. The Balaban J connectivity index is 0.781. The Morgan fingerprint density at radius 1 is 0.919 bits per heavy atom. The number of ether oxygens (including phenoxy) is 1. The third-order valence-corrected chi connectivity index (χ3v) is 17.0. The summed E-state index contributed by atoms with van der Waals surface area (Å²) >= 11 is 6.83. The lowest BCUT2D eigenvalue weighted by Crippen LogP contribution is -2.59. The molecule has 10 rings (SSSR count). The predicted octanol–water partition coefficient (Wildman–Crippen LogP) is 7.40. The minimum absolute atomic E-state index is 0.00669. The van der Waals surface area contributed by atoms with Gasteiger partial charge >= 0.3 is 12.2 Å². The van der Waals surface area contributed by atoms with Crippen molar-refractivity contribution in [3.63, 3.8) is 0 Å². The molecule has 4 aliphatic rings. The number of aromatic nitrogens is 5. The smallest absolute Gasteiger partial charge is 0.405 e. The summed E-state index contributed by atoms with van der Waals surface area (Å²) in [6.07, 6.45) is -1.20. The van der Waals surface area contributed by atoms with Gasteiger partial charge in [0.1, 0.15) is 30.5 Å². The van der Waals surface area contributed by atoms with E-state index in [4.69, 9.17) is 26.3 Å². The molecular weight excluding hydrogens is 1130 g/mol. The number of nitrogens with one attached hydrogen (secondary N) is 1. The standard InChI is InChI=1S/C62H72ClF3N14O6/c1-6-54(83)79-28-27-77(35-44(79)17-21-67)56-46-20-24-76(51-12-8-10-41-9-7-11-49(63)55(41)51)37-50(46)69-61(70-56)86-30-29-75-25-26-78(36-45(75)34-73(4)5)60(85)42-18-22-74(23-19-42)33-40-13-15-43(16-14-40)80-57(48-31-47(39(2)3)52(81)32-53(48)82)71-72-58(80)59(84)68-38-62(64,65)66/h6-16,31-32,39,42,44-45,81-82H,1,17-20,22-30,33-38H2,2-5H3,(H,68,84). The van der Waals surface area contributed by atoms with Crippen LogP contribution in [0.3, 0.4) is 0 Å². The van der Waals surface area contributed by atoms with E-state index >= 15 is 0 Å². The van der Waals surface area contributed by atoms with E-state index in [1.807, 2.05) is 68.5 Å². The van der Waals surface area contributed by atoms with Gasteiger partial charge in [0, 0.05) is 106 Å². The van der Waals surface area contributed by atoms with Gasteiger partial charge in [-0.2, -0.15) is 28.4 Å². The van der Waals surface area contributed by atoms with Gasteiger partial charge in [-0.25, -0.2) is 0 Å². The number of hydrogen-bond donors (Lipinski definition) is 3. The molecule has 4 aromatic carbocycles. The monoisotopic (exact) mass is 1200 g/mol. The van der Waals surface area contributed by atoms with Crippen LogP contribution >= 0.6 is 11.6 Å². The predicted molar refractivity (Wildman–Crippen MR) is 320 cm³/mol. The van der Waals surface area contributed by atoms with Crippen LogP contribution in [0.25, 0.3) is 27.8 Å². The molecule has 2 aromatic heterocycles. The van der Waals surface area contributed by atoms with E-state index in [1.54, 1.807) is 17.0 Å². The number of fused-ring (bicyclic) bond motifs is 2. The number of aromatic hydroxyl groups is 2. The second-order valence-corrected chi connectivity index (χ2v) is 23.5. The summed E-state index contributed by atoms with van der Waals surface area (Å²) < 4.78 is 47.4. The normalized spacial score (nSPS) is 18.2. The Hall–Kier alpha value is -8.04. The molecule has 6 aromatic rings. The molecule has 0 saturated carbocycles. The van der Waals surface area contributed by atoms with Crippen LogP contribution in [0.2, 0.25) is 5.02 Å². The molecule has 0 spiro atoms. The van der Waals surface area contributed by atoms with Gasteiger partial charge in [0.25, 0.3) is 5.91 Å². The molecule has 2 unspecified atom stereocenters. The fourth-order valence-corrected chi connectivity index (χ4v) is 12.7. The van der Waals surface area contributed by atoms with Crippen molar-refractivity contribution in [2.45, 2.75) is 76.8 Å². The fourth-order valence-electron chi connectivity index (χ4n) is 12.4. The number of phenols is 2. The van der Waals surface area contributed by atoms with Crippen molar-refractivity contribution in [1.82, 2.24) is 54.5 Å². The zero-order chi connectivity index (χ0) is 61.0. The topological polar surface area (TPSA) is 216 Å². The van der Waals surface area contributed by atoms with Gasteiger partial charge in [0.2, 0.25) is 17.6 Å². The van der Waals surface area contributed by atoms with E-state index in [0.29, 0.717) is 121 Å². The molecule has 6 heterocycles.